The Bertz CT molecular complexity index is 1080. The molecular formula is C27H38N4O6. The Balaban J connectivity index is 1.46. The second-order valence-corrected chi connectivity index (χ2v) is 11.0. The lowest BCUT2D eigenvalue weighted by Gasteiger charge is -2.35. The number of benzene rings is 1. The van der Waals surface area contributed by atoms with Gasteiger partial charge < -0.3 is 29.4 Å². The molecule has 1 aliphatic heterocycles. The van der Waals surface area contributed by atoms with Crippen LogP contribution in [0.3, 0.4) is 0 Å². The van der Waals surface area contributed by atoms with Crippen LogP contribution in [-0.2, 0) is 14.3 Å². The van der Waals surface area contributed by atoms with Gasteiger partial charge in [-0.15, -0.1) is 0 Å². The first-order chi connectivity index (χ1) is 17.4. The van der Waals surface area contributed by atoms with Crippen LogP contribution in [0.25, 0.3) is 11.3 Å². The van der Waals surface area contributed by atoms with Gasteiger partial charge in [0.05, 0.1) is 18.9 Å². The number of hydrogen-bond acceptors (Lipinski definition) is 7. The molecule has 0 radical (unpaired) electrons. The van der Waals surface area contributed by atoms with Crippen LogP contribution in [0.15, 0.2) is 35.2 Å². The van der Waals surface area contributed by atoms with Crippen LogP contribution in [-0.4, -0.2) is 59.1 Å². The molecule has 2 heterocycles. The highest BCUT2D eigenvalue weighted by atomic mass is 16.6. The van der Waals surface area contributed by atoms with E-state index in [2.05, 4.69) is 15.6 Å². The maximum absolute atomic E-state index is 12.6. The van der Waals surface area contributed by atoms with Gasteiger partial charge in [-0.3, -0.25) is 9.59 Å². The Morgan fingerprint density at radius 3 is 2.41 bits per heavy atom. The number of carbonyl (C=O) groups is 3. The number of anilines is 1. The number of nitrogens with one attached hydrogen (secondary N) is 2. The minimum Gasteiger partial charge on any atom is -0.496 e. The van der Waals surface area contributed by atoms with Crippen molar-refractivity contribution < 1.29 is 28.3 Å². The Morgan fingerprint density at radius 2 is 1.81 bits per heavy atom. The van der Waals surface area contributed by atoms with Gasteiger partial charge in [-0.2, -0.15) is 0 Å². The van der Waals surface area contributed by atoms with Crippen molar-refractivity contribution in [2.45, 2.75) is 71.4 Å². The Morgan fingerprint density at radius 1 is 1.11 bits per heavy atom. The fourth-order valence-electron chi connectivity index (χ4n) is 4.23. The van der Waals surface area contributed by atoms with Crippen molar-refractivity contribution in [3.8, 4) is 17.1 Å². The van der Waals surface area contributed by atoms with Crippen molar-refractivity contribution in [1.82, 2.24) is 15.2 Å². The second kappa shape index (κ2) is 11.7. The van der Waals surface area contributed by atoms with E-state index >= 15 is 0 Å². The third-order valence-electron chi connectivity index (χ3n) is 6.26. The zero-order valence-corrected chi connectivity index (χ0v) is 22.6. The molecule has 0 atom stereocenters. The lowest BCUT2D eigenvalue weighted by Crippen LogP contribution is -2.48. The highest BCUT2D eigenvalue weighted by Crippen LogP contribution is 2.32. The van der Waals surface area contributed by atoms with Crippen LogP contribution in [0.2, 0.25) is 0 Å². The zero-order chi connectivity index (χ0) is 27.2. The molecule has 0 aliphatic carbocycles. The zero-order valence-electron chi connectivity index (χ0n) is 22.6. The number of aromatic nitrogens is 1. The lowest BCUT2D eigenvalue weighted by atomic mass is 9.87. The maximum atomic E-state index is 12.6. The van der Waals surface area contributed by atoms with E-state index in [-0.39, 0.29) is 6.09 Å². The third-order valence-corrected chi connectivity index (χ3v) is 6.26. The van der Waals surface area contributed by atoms with Gasteiger partial charge in [0.25, 0.3) is 0 Å². The minimum atomic E-state index is -0.756. The standard InChI is InChI=1S/C27H38N4O6/c1-26(2,3)37-25(34)31-13-10-18(11-14-31)9-12-27(4,5)30-24(33)23(32)29-19-7-8-20(21(15-19)35-6)22-16-28-17-36-22/h7-8,15-18H,9-14H2,1-6H3,(H,29,32)(H,30,33). The summed E-state index contributed by atoms with van der Waals surface area (Å²) in [5.41, 5.74) is 0.0375. The molecule has 1 fully saturated rings. The van der Waals surface area contributed by atoms with Gasteiger partial charge in [-0.1, -0.05) is 0 Å². The summed E-state index contributed by atoms with van der Waals surface area (Å²) in [7, 11) is 1.51. The molecule has 0 bridgehead atoms. The molecule has 2 N–H and O–H groups in total. The number of carbonyl (C=O) groups excluding carboxylic acids is 3. The van der Waals surface area contributed by atoms with E-state index in [9.17, 15) is 14.4 Å². The summed E-state index contributed by atoms with van der Waals surface area (Å²) < 4.78 is 16.2. The molecule has 1 aliphatic rings. The summed E-state index contributed by atoms with van der Waals surface area (Å²) in [5.74, 6) is -0.00648. The van der Waals surface area contributed by atoms with E-state index < -0.39 is 23.0 Å². The number of ether oxygens (including phenoxy) is 2. The van der Waals surface area contributed by atoms with Crippen LogP contribution < -0.4 is 15.4 Å². The Kier molecular flexibility index (Phi) is 8.83. The molecule has 0 saturated carbocycles. The summed E-state index contributed by atoms with van der Waals surface area (Å²) in [6.07, 6.45) is 5.99. The molecule has 10 nitrogen and oxygen atoms in total. The van der Waals surface area contributed by atoms with Gasteiger partial charge in [0, 0.05) is 30.4 Å². The topological polar surface area (TPSA) is 123 Å². The average Bonchev–Trinajstić information content (AvgIpc) is 3.36. The molecule has 0 unspecified atom stereocenters. The smallest absolute Gasteiger partial charge is 0.410 e. The molecule has 0 spiro atoms. The molecule has 1 aromatic carbocycles. The normalized spacial score (nSPS) is 14.7. The third kappa shape index (κ3) is 8.23. The first-order valence-electron chi connectivity index (χ1n) is 12.6. The van der Waals surface area contributed by atoms with Gasteiger partial charge >= 0.3 is 17.9 Å². The summed E-state index contributed by atoms with van der Waals surface area (Å²) in [6, 6.07) is 5.02. The van der Waals surface area contributed by atoms with Gasteiger partial charge in [0.15, 0.2) is 12.2 Å². The maximum Gasteiger partial charge on any atom is 0.410 e. The van der Waals surface area contributed by atoms with Crippen molar-refractivity contribution in [3.63, 3.8) is 0 Å². The highest BCUT2D eigenvalue weighted by molar-refractivity contribution is 6.39. The van der Waals surface area contributed by atoms with Crippen molar-refractivity contribution in [2.24, 2.45) is 5.92 Å². The number of amides is 3. The largest absolute Gasteiger partial charge is 0.496 e. The predicted molar refractivity (Wildman–Crippen MR) is 139 cm³/mol. The number of piperidine rings is 1. The molecular weight excluding hydrogens is 476 g/mol. The van der Waals surface area contributed by atoms with Gasteiger partial charge in [0.2, 0.25) is 0 Å². The van der Waals surface area contributed by atoms with E-state index in [0.29, 0.717) is 48.2 Å². The van der Waals surface area contributed by atoms with Crippen molar-refractivity contribution in [2.75, 3.05) is 25.5 Å². The van der Waals surface area contributed by atoms with Gasteiger partial charge in [0.1, 0.15) is 11.4 Å². The summed E-state index contributed by atoms with van der Waals surface area (Å²) >= 11 is 0. The number of methoxy groups -OCH3 is 1. The van der Waals surface area contributed by atoms with Crippen LogP contribution in [0.4, 0.5) is 10.5 Å². The molecule has 3 rings (SSSR count). The average molecular weight is 515 g/mol. The SMILES string of the molecule is COc1cc(NC(=O)C(=O)NC(C)(C)CCC2CCN(C(=O)OC(C)(C)C)CC2)ccc1-c1cnco1. The van der Waals surface area contributed by atoms with Crippen LogP contribution in [0.5, 0.6) is 5.75 Å². The van der Waals surface area contributed by atoms with Crippen LogP contribution in [0.1, 0.15) is 60.3 Å². The van der Waals surface area contributed by atoms with E-state index in [1.807, 2.05) is 34.6 Å². The minimum absolute atomic E-state index is 0.269. The first kappa shape index (κ1) is 28.0. The molecule has 202 valence electrons. The molecule has 3 amide bonds. The molecule has 37 heavy (non-hydrogen) atoms. The van der Waals surface area contributed by atoms with E-state index in [1.54, 1.807) is 29.3 Å². The summed E-state index contributed by atoms with van der Waals surface area (Å²) in [4.78, 5) is 43.1. The van der Waals surface area contributed by atoms with E-state index in [0.717, 1.165) is 19.3 Å². The van der Waals surface area contributed by atoms with Crippen molar-refractivity contribution in [3.05, 3.63) is 30.8 Å². The first-order valence-corrected chi connectivity index (χ1v) is 12.6. The fraction of sp³-hybridized carbons (Fsp3) is 0.556. The molecule has 1 saturated heterocycles. The van der Waals surface area contributed by atoms with Gasteiger partial charge in [-0.25, -0.2) is 9.78 Å². The molecule has 10 heteroatoms. The van der Waals surface area contributed by atoms with Crippen LogP contribution in [0, 0.1) is 5.92 Å². The monoisotopic (exact) mass is 514 g/mol. The molecule has 2 aromatic rings. The number of nitrogens with zero attached hydrogens (tertiary/aromatic N) is 2. The lowest BCUT2D eigenvalue weighted by molar-refractivity contribution is -0.137. The van der Waals surface area contributed by atoms with Crippen molar-refractivity contribution in [1.29, 1.82) is 0 Å². The van der Waals surface area contributed by atoms with Gasteiger partial charge in [-0.05, 0) is 78.4 Å². The second-order valence-electron chi connectivity index (χ2n) is 11.0. The fourth-order valence-corrected chi connectivity index (χ4v) is 4.23. The number of hydrogen-bond donors (Lipinski definition) is 2. The quantitative estimate of drug-likeness (QED) is 0.517. The van der Waals surface area contributed by atoms with Crippen molar-refractivity contribution >= 4 is 23.6 Å². The molecule has 1 aromatic heterocycles. The summed E-state index contributed by atoms with van der Waals surface area (Å²) in [5, 5.41) is 5.46. The van der Waals surface area contributed by atoms with E-state index in [1.165, 1.54) is 13.5 Å². The number of likely N-dealkylation sites (tertiary alicyclic amines) is 1. The Hall–Kier alpha value is -3.56. The predicted octanol–water partition coefficient (Wildman–Crippen LogP) is 4.61. The summed E-state index contributed by atoms with van der Waals surface area (Å²) in [6.45, 7) is 10.7. The highest BCUT2D eigenvalue weighted by Gasteiger charge is 2.29. The van der Waals surface area contributed by atoms with Crippen LogP contribution >= 0.6 is 0 Å². The Labute approximate surface area is 218 Å². The number of oxazole rings is 1. The number of rotatable bonds is 7. The van der Waals surface area contributed by atoms with E-state index in [4.69, 9.17) is 13.9 Å².